The maximum Gasteiger partial charge on any atom is 0.223 e. The summed E-state index contributed by atoms with van der Waals surface area (Å²) in [6.07, 6.45) is 4.42. The highest BCUT2D eigenvalue weighted by molar-refractivity contribution is 7.10. The number of nitrogens with zero attached hydrogens (tertiary/aromatic N) is 1. The van der Waals surface area contributed by atoms with Crippen LogP contribution < -0.4 is 11.1 Å². The van der Waals surface area contributed by atoms with Gasteiger partial charge in [0.25, 0.3) is 0 Å². The predicted octanol–water partition coefficient (Wildman–Crippen LogP) is 1.60. The monoisotopic (exact) mass is 307 g/mol. The van der Waals surface area contributed by atoms with Gasteiger partial charge in [0, 0.05) is 37.0 Å². The average Bonchev–Trinajstić information content (AvgIpc) is 3.15. The van der Waals surface area contributed by atoms with Gasteiger partial charge >= 0.3 is 0 Å². The zero-order chi connectivity index (χ0) is 14.7. The number of nitrogens with one attached hydrogen (secondary N) is 1. The third-order valence-electron chi connectivity index (χ3n) is 4.91. The Kier molecular flexibility index (Phi) is 4.93. The quantitative estimate of drug-likeness (QED) is 0.868. The van der Waals surface area contributed by atoms with Crippen molar-refractivity contribution in [2.75, 3.05) is 26.2 Å². The molecule has 2 atom stereocenters. The first-order chi connectivity index (χ1) is 10.3. The Morgan fingerprint density at radius 1 is 1.48 bits per heavy atom. The zero-order valence-corrected chi connectivity index (χ0v) is 13.3. The van der Waals surface area contributed by atoms with Gasteiger partial charge in [-0.2, -0.15) is 0 Å². The minimum atomic E-state index is 0.153. The molecule has 0 saturated heterocycles. The van der Waals surface area contributed by atoms with Crippen molar-refractivity contribution in [2.24, 2.45) is 17.6 Å². The van der Waals surface area contributed by atoms with E-state index < -0.39 is 0 Å². The van der Waals surface area contributed by atoms with E-state index in [4.69, 9.17) is 5.73 Å². The molecule has 3 rings (SSSR count). The molecule has 0 aromatic carbocycles. The Labute approximate surface area is 130 Å². The second-order valence-electron chi connectivity index (χ2n) is 6.22. The van der Waals surface area contributed by atoms with E-state index in [1.54, 1.807) is 0 Å². The fourth-order valence-electron chi connectivity index (χ4n) is 3.63. The van der Waals surface area contributed by atoms with Crippen molar-refractivity contribution < 1.29 is 4.79 Å². The molecule has 4 nitrogen and oxygen atoms in total. The molecule has 3 N–H and O–H groups in total. The zero-order valence-electron chi connectivity index (χ0n) is 12.5. The number of carbonyl (C=O) groups is 1. The smallest absolute Gasteiger partial charge is 0.223 e. The second-order valence-corrected chi connectivity index (χ2v) is 7.22. The molecule has 1 amide bonds. The Morgan fingerprint density at radius 2 is 2.38 bits per heavy atom. The number of hydrogen-bond donors (Lipinski definition) is 2. The van der Waals surface area contributed by atoms with Gasteiger partial charge in [-0.3, -0.25) is 9.69 Å². The molecular weight excluding hydrogens is 282 g/mol. The molecule has 1 aliphatic heterocycles. The molecular formula is C16H25N3OS. The molecule has 5 heteroatoms. The molecule has 1 aromatic heterocycles. The molecule has 1 saturated carbocycles. The third-order valence-corrected chi connectivity index (χ3v) is 5.94. The molecule has 2 aliphatic rings. The molecule has 0 spiro atoms. The number of carbonyl (C=O) groups excluding carboxylic acids is 1. The minimum Gasteiger partial charge on any atom is -0.355 e. The summed E-state index contributed by atoms with van der Waals surface area (Å²) in [6.45, 7) is 4.49. The SMILES string of the molecule is NC[C@H]1CCC[C@H]1C(=O)NCCN1CCc2sccc2C1. The van der Waals surface area contributed by atoms with Crippen LogP contribution in [0.15, 0.2) is 11.4 Å². The summed E-state index contributed by atoms with van der Waals surface area (Å²) in [5, 5.41) is 5.30. The lowest BCUT2D eigenvalue weighted by Gasteiger charge is -2.27. The van der Waals surface area contributed by atoms with Crippen LogP contribution in [0.3, 0.4) is 0 Å². The lowest BCUT2D eigenvalue weighted by Crippen LogP contribution is -2.40. The van der Waals surface area contributed by atoms with Gasteiger partial charge in [-0.05, 0) is 48.7 Å². The maximum absolute atomic E-state index is 12.2. The van der Waals surface area contributed by atoms with Gasteiger partial charge in [0.2, 0.25) is 5.91 Å². The largest absolute Gasteiger partial charge is 0.355 e. The van der Waals surface area contributed by atoms with Gasteiger partial charge < -0.3 is 11.1 Å². The van der Waals surface area contributed by atoms with Gasteiger partial charge in [0.15, 0.2) is 0 Å². The van der Waals surface area contributed by atoms with Crippen LogP contribution in [0.25, 0.3) is 0 Å². The number of amides is 1. The van der Waals surface area contributed by atoms with E-state index in [1.807, 2.05) is 11.3 Å². The Bertz CT molecular complexity index is 488. The molecule has 1 aromatic rings. The minimum absolute atomic E-state index is 0.153. The van der Waals surface area contributed by atoms with Crippen LogP contribution in [-0.4, -0.2) is 37.0 Å². The molecule has 116 valence electrons. The number of rotatable bonds is 5. The Hall–Kier alpha value is -0.910. The van der Waals surface area contributed by atoms with Gasteiger partial charge in [-0.15, -0.1) is 11.3 Å². The molecule has 1 fully saturated rings. The highest BCUT2D eigenvalue weighted by Gasteiger charge is 2.31. The average molecular weight is 307 g/mol. The molecule has 0 bridgehead atoms. The summed E-state index contributed by atoms with van der Waals surface area (Å²) < 4.78 is 0. The summed E-state index contributed by atoms with van der Waals surface area (Å²) in [5.74, 6) is 0.768. The lowest BCUT2D eigenvalue weighted by atomic mass is 9.95. The fourth-order valence-corrected chi connectivity index (χ4v) is 4.52. The highest BCUT2D eigenvalue weighted by atomic mass is 32.1. The van der Waals surface area contributed by atoms with E-state index in [9.17, 15) is 4.79 Å². The van der Waals surface area contributed by atoms with Crippen LogP contribution in [0.4, 0.5) is 0 Å². The fraction of sp³-hybridized carbons (Fsp3) is 0.688. The standard InChI is InChI=1S/C16H25N3OS/c17-10-12-2-1-3-14(12)16(20)18-6-8-19-7-4-15-13(11-19)5-9-21-15/h5,9,12,14H,1-4,6-8,10-11,17H2,(H,18,20)/t12-,14-/m1/s1. The van der Waals surface area contributed by atoms with Crippen molar-refractivity contribution in [2.45, 2.75) is 32.2 Å². The van der Waals surface area contributed by atoms with Crippen LogP contribution in [0.5, 0.6) is 0 Å². The molecule has 1 aliphatic carbocycles. The second kappa shape index (κ2) is 6.90. The normalized spacial score (nSPS) is 25.8. The van der Waals surface area contributed by atoms with E-state index in [1.165, 1.54) is 10.4 Å². The van der Waals surface area contributed by atoms with Crippen molar-refractivity contribution in [3.8, 4) is 0 Å². The Morgan fingerprint density at radius 3 is 3.24 bits per heavy atom. The molecule has 0 unspecified atom stereocenters. The van der Waals surface area contributed by atoms with Gasteiger partial charge in [0.1, 0.15) is 0 Å². The van der Waals surface area contributed by atoms with Crippen LogP contribution in [0.2, 0.25) is 0 Å². The van der Waals surface area contributed by atoms with Crippen LogP contribution in [-0.2, 0) is 17.8 Å². The summed E-state index contributed by atoms with van der Waals surface area (Å²) in [5.41, 5.74) is 7.22. The number of fused-ring (bicyclic) bond motifs is 1. The summed E-state index contributed by atoms with van der Waals surface area (Å²) >= 11 is 1.87. The molecule has 2 heterocycles. The van der Waals surface area contributed by atoms with E-state index in [2.05, 4.69) is 21.7 Å². The summed E-state index contributed by atoms with van der Waals surface area (Å²) in [7, 11) is 0. The van der Waals surface area contributed by atoms with E-state index in [0.717, 1.165) is 51.9 Å². The summed E-state index contributed by atoms with van der Waals surface area (Å²) in [4.78, 5) is 16.2. The molecule has 0 radical (unpaired) electrons. The van der Waals surface area contributed by atoms with Crippen molar-refractivity contribution in [1.29, 1.82) is 0 Å². The van der Waals surface area contributed by atoms with Crippen molar-refractivity contribution >= 4 is 17.2 Å². The first kappa shape index (κ1) is 15.0. The van der Waals surface area contributed by atoms with Crippen LogP contribution in [0.1, 0.15) is 29.7 Å². The summed E-state index contributed by atoms with van der Waals surface area (Å²) in [6, 6.07) is 2.23. The van der Waals surface area contributed by atoms with E-state index in [0.29, 0.717) is 12.5 Å². The van der Waals surface area contributed by atoms with Crippen molar-refractivity contribution in [1.82, 2.24) is 10.2 Å². The van der Waals surface area contributed by atoms with Crippen LogP contribution >= 0.6 is 11.3 Å². The van der Waals surface area contributed by atoms with Gasteiger partial charge in [0.05, 0.1) is 0 Å². The van der Waals surface area contributed by atoms with Crippen molar-refractivity contribution in [3.63, 3.8) is 0 Å². The number of nitrogens with two attached hydrogens (primary N) is 1. The lowest BCUT2D eigenvalue weighted by molar-refractivity contribution is -0.126. The first-order valence-corrected chi connectivity index (χ1v) is 8.91. The van der Waals surface area contributed by atoms with E-state index >= 15 is 0 Å². The first-order valence-electron chi connectivity index (χ1n) is 8.03. The highest BCUT2D eigenvalue weighted by Crippen LogP contribution is 2.30. The van der Waals surface area contributed by atoms with Crippen molar-refractivity contribution in [3.05, 3.63) is 21.9 Å². The van der Waals surface area contributed by atoms with Crippen LogP contribution in [0, 0.1) is 11.8 Å². The van der Waals surface area contributed by atoms with E-state index in [-0.39, 0.29) is 11.8 Å². The topological polar surface area (TPSA) is 58.4 Å². The number of thiophene rings is 1. The number of hydrogen-bond acceptors (Lipinski definition) is 4. The third kappa shape index (κ3) is 3.47. The Balaban J connectivity index is 1.41. The maximum atomic E-state index is 12.2. The predicted molar refractivity (Wildman–Crippen MR) is 86.2 cm³/mol. The van der Waals surface area contributed by atoms with Gasteiger partial charge in [-0.1, -0.05) is 6.42 Å². The molecule has 21 heavy (non-hydrogen) atoms. The van der Waals surface area contributed by atoms with Gasteiger partial charge in [-0.25, -0.2) is 0 Å².